The quantitative estimate of drug-likeness (QED) is 0.904. The lowest BCUT2D eigenvalue weighted by molar-refractivity contribution is -0.139. The highest BCUT2D eigenvalue weighted by Gasteiger charge is 2.23. The molecule has 0 aliphatic carbocycles. The van der Waals surface area contributed by atoms with Gasteiger partial charge < -0.3 is 9.84 Å². The Morgan fingerprint density at radius 2 is 2.39 bits per heavy atom. The zero-order valence-corrected chi connectivity index (χ0v) is 11.7. The second-order valence-corrected chi connectivity index (χ2v) is 5.57. The molecular formula is C14H17BrO3. The third-order valence-corrected chi connectivity index (χ3v) is 3.84. The Labute approximate surface area is 115 Å². The van der Waals surface area contributed by atoms with Crippen molar-refractivity contribution in [2.24, 2.45) is 0 Å². The molecule has 0 saturated carbocycles. The van der Waals surface area contributed by atoms with Crippen LogP contribution in [-0.4, -0.2) is 23.8 Å². The predicted molar refractivity (Wildman–Crippen MR) is 72.7 cm³/mol. The first-order valence-corrected chi connectivity index (χ1v) is 7.06. The van der Waals surface area contributed by atoms with E-state index in [0.717, 1.165) is 35.9 Å². The molecule has 1 aromatic carbocycles. The van der Waals surface area contributed by atoms with Crippen LogP contribution in [0.25, 0.3) is 0 Å². The molecular weight excluding hydrogens is 296 g/mol. The molecule has 3 nitrogen and oxygen atoms in total. The van der Waals surface area contributed by atoms with E-state index in [1.807, 2.05) is 24.3 Å². The molecule has 2 rings (SSSR count). The van der Waals surface area contributed by atoms with Gasteiger partial charge in [-0.25, -0.2) is 0 Å². The normalized spacial score (nSPS) is 20.8. The summed E-state index contributed by atoms with van der Waals surface area (Å²) in [5.74, 6) is -1.20. The molecule has 18 heavy (non-hydrogen) atoms. The van der Waals surface area contributed by atoms with Crippen molar-refractivity contribution in [2.45, 2.75) is 37.7 Å². The second kappa shape index (κ2) is 6.34. The Morgan fingerprint density at radius 1 is 1.56 bits per heavy atom. The summed E-state index contributed by atoms with van der Waals surface area (Å²) in [5.41, 5.74) is 0.856. The molecule has 98 valence electrons. The first-order chi connectivity index (χ1) is 8.66. The van der Waals surface area contributed by atoms with Crippen LogP contribution in [0, 0.1) is 0 Å². The summed E-state index contributed by atoms with van der Waals surface area (Å²) in [6.45, 7) is 0.819. The van der Waals surface area contributed by atoms with E-state index in [-0.39, 0.29) is 6.10 Å². The van der Waals surface area contributed by atoms with Crippen LogP contribution in [-0.2, 0) is 9.53 Å². The maximum absolute atomic E-state index is 11.4. The third-order valence-electron chi connectivity index (χ3n) is 3.35. The highest BCUT2D eigenvalue weighted by atomic mass is 79.9. The Kier molecular flexibility index (Phi) is 4.78. The van der Waals surface area contributed by atoms with E-state index < -0.39 is 11.9 Å². The van der Waals surface area contributed by atoms with E-state index in [4.69, 9.17) is 4.74 Å². The lowest BCUT2D eigenvalue weighted by Crippen LogP contribution is -2.15. The minimum atomic E-state index is -0.758. The van der Waals surface area contributed by atoms with Gasteiger partial charge in [0, 0.05) is 11.1 Å². The molecule has 1 aromatic rings. The summed E-state index contributed by atoms with van der Waals surface area (Å²) in [5, 5.41) is 9.34. The number of rotatable bonds is 5. The largest absolute Gasteiger partial charge is 0.481 e. The maximum Gasteiger partial charge on any atom is 0.310 e. The summed E-state index contributed by atoms with van der Waals surface area (Å²) in [6.07, 6.45) is 3.86. The summed E-state index contributed by atoms with van der Waals surface area (Å²) in [6, 6.07) is 7.54. The van der Waals surface area contributed by atoms with E-state index in [1.165, 1.54) is 0 Å². The Hall–Kier alpha value is -0.870. The van der Waals surface area contributed by atoms with Crippen LogP contribution in [0.5, 0.6) is 0 Å². The van der Waals surface area contributed by atoms with Crippen LogP contribution in [0.3, 0.4) is 0 Å². The van der Waals surface area contributed by atoms with Crippen molar-refractivity contribution in [3.8, 4) is 0 Å². The smallest absolute Gasteiger partial charge is 0.310 e. The molecule has 1 heterocycles. The Morgan fingerprint density at radius 3 is 3.00 bits per heavy atom. The third kappa shape index (κ3) is 3.56. The monoisotopic (exact) mass is 312 g/mol. The Balaban J connectivity index is 2.01. The molecule has 1 aliphatic rings. The number of halogens is 1. The number of carboxylic acid groups (broad SMARTS) is 1. The number of carbonyl (C=O) groups is 1. The lowest BCUT2D eigenvalue weighted by atomic mass is 9.92. The first kappa shape index (κ1) is 13.6. The van der Waals surface area contributed by atoms with E-state index >= 15 is 0 Å². The van der Waals surface area contributed by atoms with Crippen molar-refractivity contribution in [2.75, 3.05) is 6.61 Å². The van der Waals surface area contributed by atoms with Gasteiger partial charge in [0.15, 0.2) is 0 Å². The van der Waals surface area contributed by atoms with Gasteiger partial charge in [-0.1, -0.05) is 28.1 Å². The molecule has 0 radical (unpaired) electrons. The van der Waals surface area contributed by atoms with Crippen LogP contribution in [0.1, 0.15) is 37.2 Å². The van der Waals surface area contributed by atoms with Gasteiger partial charge in [-0.2, -0.15) is 0 Å². The topological polar surface area (TPSA) is 46.5 Å². The first-order valence-electron chi connectivity index (χ1n) is 6.26. The van der Waals surface area contributed by atoms with Gasteiger partial charge in [-0.15, -0.1) is 0 Å². The van der Waals surface area contributed by atoms with Gasteiger partial charge in [-0.05, 0) is 43.4 Å². The van der Waals surface area contributed by atoms with Crippen LogP contribution < -0.4 is 0 Å². The van der Waals surface area contributed by atoms with Crippen molar-refractivity contribution in [3.05, 3.63) is 34.3 Å². The van der Waals surface area contributed by atoms with Gasteiger partial charge in [0.1, 0.15) is 0 Å². The highest BCUT2D eigenvalue weighted by molar-refractivity contribution is 9.10. The molecule has 2 unspecified atom stereocenters. The Bertz CT molecular complexity index is 413. The maximum atomic E-state index is 11.4. The minimum absolute atomic E-state index is 0.249. The molecule has 2 atom stereocenters. The summed E-state index contributed by atoms with van der Waals surface area (Å²) < 4.78 is 6.46. The molecule has 4 heteroatoms. The minimum Gasteiger partial charge on any atom is -0.481 e. The van der Waals surface area contributed by atoms with E-state index in [2.05, 4.69) is 15.9 Å². The fourth-order valence-electron chi connectivity index (χ4n) is 2.38. The molecule has 0 amide bonds. The fourth-order valence-corrected chi connectivity index (χ4v) is 2.80. The number of hydrogen-bond acceptors (Lipinski definition) is 2. The van der Waals surface area contributed by atoms with E-state index in [0.29, 0.717) is 6.42 Å². The standard InChI is InChI=1S/C14H17BrO3/c15-11-4-1-3-10(9-11)13(14(16)17)7-6-12-5-2-8-18-12/h1,3-4,9,12-13H,2,5-8H2,(H,16,17). The average Bonchev–Trinajstić information content (AvgIpc) is 2.82. The summed E-state index contributed by atoms with van der Waals surface area (Å²) in [7, 11) is 0. The van der Waals surface area contributed by atoms with Crippen LogP contribution in [0.15, 0.2) is 28.7 Å². The molecule has 0 aromatic heterocycles. The van der Waals surface area contributed by atoms with Gasteiger partial charge in [0.2, 0.25) is 0 Å². The van der Waals surface area contributed by atoms with E-state index in [9.17, 15) is 9.90 Å². The fraction of sp³-hybridized carbons (Fsp3) is 0.500. The predicted octanol–water partition coefficient (Wildman–Crippen LogP) is 3.58. The molecule has 1 N–H and O–H groups in total. The average molecular weight is 313 g/mol. The van der Waals surface area contributed by atoms with Crippen molar-refractivity contribution in [3.63, 3.8) is 0 Å². The summed E-state index contributed by atoms with van der Waals surface area (Å²) >= 11 is 3.38. The number of benzene rings is 1. The van der Waals surface area contributed by atoms with E-state index in [1.54, 1.807) is 0 Å². The molecule has 1 aliphatic heterocycles. The highest BCUT2D eigenvalue weighted by Crippen LogP contribution is 2.27. The van der Waals surface area contributed by atoms with Gasteiger partial charge in [-0.3, -0.25) is 4.79 Å². The molecule has 1 saturated heterocycles. The van der Waals surface area contributed by atoms with Gasteiger partial charge in [0.05, 0.1) is 12.0 Å². The lowest BCUT2D eigenvalue weighted by Gasteiger charge is -2.15. The summed E-state index contributed by atoms with van der Waals surface area (Å²) in [4.78, 5) is 11.4. The van der Waals surface area contributed by atoms with Gasteiger partial charge in [0.25, 0.3) is 0 Å². The number of hydrogen-bond donors (Lipinski definition) is 1. The van der Waals surface area contributed by atoms with Gasteiger partial charge >= 0.3 is 5.97 Å². The van der Waals surface area contributed by atoms with Crippen LogP contribution >= 0.6 is 15.9 Å². The van der Waals surface area contributed by atoms with Crippen molar-refractivity contribution < 1.29 is 14.6 Å². The number of aliphatic carboxylic acids is 1. The number of carboxylic acids is 1. The zero-order chi connectivity index (χ0) is 13.0. The molecule has 1 fully saturated rings. The molecule has 0 spiro atoms. The number of ether oxygens (including phenoxy) is 1. The zero-order valence-electron chi connectivity index (χ0n) is 10.1. The van der Waals surface area contributed by atoms with Crippen molar-refractivity contribution in [1.29, 1.82) is 0 Å². The molecule has 0 bridgehead atoms. The van der Waals surface area contributed by atoms with Crippen molar-refractivity contribution >= 4 is 21.9 Å². The van der Waals surface area contributed by atoms with Crippen molar-refractivity contribution in [1.82, 2.24) is 0 Å². The van der Waals surface area contributed by atoms with Crippen LogP contribution in [0.2, 0.25) is 0 Å². The second-order valence-electron chi connectivity index (χ2n) is 4.66. The van der Waals surface area contributed by atoms with Crippen LogP contribution in [0.4, 0.5) is 0 Å². The SMILES string of the molecule is O=C(O)C(CCC1CCCO1)c1cccc(Br)c1.